The lowest BCUT2D eigenvalue weighted by molar-refractivity contribution is 0.109. The second-order valence-corrected chi connectivity index (χ2v) is 7.85. The van der Waals surface area contributed by atoms with Crippen molar-refractivity contribution in [2.45, 2.75) is 32.0 Å². The van der Waals surface area contributed by atoms with Crippen LogP contribution in [0.1, 0.15) is 26.2 Å². The van der Waals surface area contributed by atoms with Crippen LogP contribution in [0.2, 0.25) is 0 Å². The van der Waals surface area contributed by atoms with Crippen molar-refractivity contribution in [2.75, 3.05) is 0 Å². The molecular formula is C23H21N9. The second-order valence-electron chi connectivity index (χ2n) is 7.85. The molecule has 0 bridgehead atoms. The number of unbranched alkanes of at least 4 members (excludes halogenated alkanes) is 1. The zero-order chi connectivity index (χ0) is 21.5. The molecule has 0 aliphatic rings. The Morgan fingerprint density at radius 2 is 0.969 bits per heavy atom. The summed E-state index contributed by atoms with van der Waals surface area (Å²) in [5.41, 5.74) is 5.10. The molecule has 9 nitrogen and oxygen atoms in total. The monoisotopic (exact) mass is 423 g/mol. The van der Waals surface area contributed by atoms with Crippen LogP contribution in [0.15, 0.2) is 72.8 Å². The lowest BCUT2D eigenvalue weighted by atomic mass is 10.1. The van der Waals surface area contributed by atoms with E-state index in [0.29, 0.717) is 6.42 Å². The fraction of sp³-hybridized carbons (Fsp3) is 0.217. The SMILES string of the molecule is CCCCC(n1nnc2ccccc21)(n1nnc2ccccc21)n1nnc2ccccc21. The molecule has 0 saturated carbocycles. The number of rotatable bonds is 6. The number of benzene rings is 3. The highest BCUT2D eigenvalue weighted by atomic mass is 15.7. The van der Waals surface area contributed by atoms with Gasteiger partial charge < -0.3 is 0 Å². The Bertz CT molecular complexity index is 1360. The maximum atomic E-state index is 4.64. The number of nitrogens with zero attached hydrogens (tertiary/aromatic N) is 9. The second kappa shape index (κ2) is 7.23. The molecule has 3 heterocycles. The van der Waals surface area contributed by atoms with Crippen LogP contribution in [0.5, 0.6) is 0 Å². The van der Waals surface area contributed by atoms with Gasteiger partial charge in [-0.05, 0) is 42.8 Å². The zero-order valence-electron chi connectivity index (χ0n) is 17.6. The van der Waals surface area contributed by atoms with Crippen molar-refractivity contribution in [3.05, 3.63) is 72.8 Å². The van der Waals surface area contributed by atoms with Gasteiger partial charge in [0.15, 0.2) is 0 Å². The van der Waals surface area contributed by atoms with Gasteiger partial charge in [-0.15, -0.1) is 15.3 Å². The average Bonchev–Trinajstić information content (AvgIpc) is 3.58. The summed E-state index contributed by atoms with van der Waals surface area (Å²) in [6, 6.07) is 23.8. The van der Waals surface area contributed by atoms with Gasteiger partial charge in [0, 0.05) is 6.42 Å². The maximum absolute atomic E-state index is 4.64. The van der Waals surface area contributed by atoms with E-state index in [4.69, 9.17) is 0 Å². The number of aromatic nitrogens is 9. The Morgan fingerprint density at radius 3 is 1.34 bits per heavy atom. The maximum Gasteiger partial charge on any atom is 0.255 e. The highest BCUT2D eigenvalue weighted by Crippen LogP contribution is 2.34. The first-order valence-electron chi connectivity index (χ1n) is 10.8. The van der Waals surface area contributed by atoms with Crippen LogP contribution in [0.25, 0.3) is 33.1 Å². The average molecular weight is 423 g/mol. The summed E-state index contributed by atoms with van der Waals surface area (Å²) in [5, 5.41) is 27.3. The van der Waals surface area contributed by atoms with Gasteiger partial charge in [-0.25, -0.2) is 0 Å². The quantitative estimate of drug-likeness (QED) is 0.404. The van der Waals surface area contributed by atoms with Crippen LogP contribution in [0, 0.1) is 0 Å². The molecule has 0 N–H and O–H groups in total. The molecule has 3 aromatic carbocycles. The predicted octanol–water partition coefficient (Wildman–Crippen LogP) is 3.82. The molecule has 158 valence electrons. The lowest BCUT2D eigenvalue weighted by Gasteiger charge is -2.34. The summed E-state index contributed by atoms with van der Waals surface area (Å²) in [5.74, 6) is -0.960. The van der Waals surface area contributed by atoms with Crippen molar-refractivity contribution < 1.29 is 0 Å². The minimum atomic E-state index is -0.960. The van der Waals surface area contributed by atoms with E-state index in [2.05, 4.69) is 37.9 Å². The smallest absolute Gasteiger partial charge is 0.196 e. The van der Waals surface area contributed by atoms with Gasteiger partial charge in [-0.3, -0.25) is 0 Å². The number of hydrogen-bond donors (Lipinski definition) is 0. The minimum Gasteiger partial charge on any atom is -0.196 e. The Labute approximate surface area is 183 Å². The Morgan fingerprint density at radius 1 is 0.594 bits per heavy atom. The van der Waals surface area contributed by atoms with E-state index in [-0.39, 0.29) is 0 Å². The third-order valence-electron chi connectivity index (χ3n) is 5.94. The normalized spacial score (nSPS) is 12.3. The molecule has 32 heavy (non-hydrogen) atoms. The molecule has 6 rings (SSSR count). The third kappa shape index (κ3) is 2.57. The summed E-state index contributed by atoms with van der Waals surface area (Å²) in [4.78, 5) is 0. The number of fused-ring (bicyclic) bond motifs is 3. The van der Waals surface area contributed by atoms with Crippen molar-refractivity contribution in [1.29, 1.82) is 0 Å². The van der Waals surface area contributed by atoms with Crippen LogP contribution < -0.4 is 0 Å². The first-order chi connectivity index (χ1) is 15.8. The molecule has 0 aliphatic carbocycles. The summed E-state index contributed by atoms with van der Waals surface area (Å²) in [6.07, 6.45) is 2.59. The predicted molar refractivity (Wildman–Crippen MR) is 121 cm³/mol. The lowest BCUT2D eigenvalue weighted by Crippen LogP contribution is -2.50. The molecule has 0 saturated heterocycles. The standard InChI is InChI=1S/C23H21N9/c1-2-3-16-23(30-20-13-7-4-10-17(20)24-27-30,31-21-14-8-5-11-18(21)25-28-31)32-22-15-9-6-12-19(22)26-29-32/h4-15H,2-3,16H2,1H3. The Hall–Kier alpha value is -4.14. The van der Waals surface area contributed by atoms with Crippen LogP contribution in [-0.4, -0.2) is 45.0 Å². The van der Waals surface area contributed by atoms with Crippen molar-refractivity contribution in [1.82, 2.24) is 45.0 Å². The molecule has 9 heteroatoms. The summed E-state index contributed by atoms with van der Waals surface area (Å²) < 4.78 is 5.75. The van der Waals surface area contributed by atoms with E-state index < -0.39 is 5.79 Å². The van der Waals surface area contributed by atoms with Crippen LogP contribution in [-0.2, 0) is 5.79 Å². The first-order valence-corrected chi connectivity index (χ1v) is 10.8. The zero-order valence-corrected chi connectivity index (χ0v) is 17.6. The number of hydrogen-bond acceptors (Lipinski definition) is 6. The topological polar surface area (TPSA) is 92.1 Å². The van der Waals surface area contributed by atoms with Crippen molar-refractivity contribution in [2.24, 2.45) is 0 Å². The largest absolute Gasteiger partial charge is 0.255 e. The molecule has 0 amide bonds. The molecule has 0 unspecified atom stereocenters. The molecule has 0 radical (unpaired) electrons. The first kappa shape index (κ1) is 18.6. The van der Waals surface area contributed by atoms with Crippen LogP contribution >= 0.6 is 0 Å². The van der Waals surface area contributed by atoms with E-state index in [0.717, 1.165) is 45.9 Å². The molecule has 6 aromatic rings. The van der Waals surface area contributed by atoms with Gasteiger partial charge in [0.05, 0.1) is 16.6 Å². The summed E-state index contributed by atoms with van der Waals surface area (Å²) in [6.45, 7) is 2.17. The molecular weight excluding hydrogens is 402 g/mol. The van der Waals surface area contributed by atoms with E-state index in [9.17, 15) is 0 Å². The Kier molecular flexibility index (Phi) is 4.20. The molecule has 3 aromatic heterocycles. The summed E-state index contributed by atoms with van der Waals surface area (Å²) in [7, 11) is 0. The molecule has 0 fully saturated rings. The van der Waals surface area contributed by atoms with E-state index >= 15 is 0 Å². The van der Waals surface area contributed by atoms with E-state index in [1.807, 2.05) is 86.8 Å². The molecule has 0 aliphatic heterocycles. The highest BCUT2D eigenvalue weighted by Gasteiger charge is 2.43. The minimum absolute atomic E-state index is 0.678. The van der Waals surface area contributed by atoms with Crippen LogP contribution in [0.4, 0.5) is 0 Å². The van der Waals surface area contributed by atoms with Crippen molar-refractivity contribution in [3.8, 4) is 0 Å². The van der Waals surface area contributed by atoms with Gasteiger partial charge in [0.2, 0.25) is 0 Å². The fourth-order valence-electron chi connectivity index (χ4n) is 4.40. The number of para-hydroxylation sites is 3. The molecule has 0 spiro atoms. The van der Waals surface area contributed by atoms with Crippen LogP contribution in [0.3, 0.4) is 0 Å². The van der Waals surface area contributed by atoms with Gasteiger partial charge in [-0.1, -0.05) is 65.4 Å². The van der Waals surface area contributed by atoms with E-state index in [1.165, 1.54) is 0 Å². The van der Waals surface area contributed by atoms with Crippen molar-refractivity contribution >= 4 is 33.1 Å². The van der Waals surface area contributed by atoms with E-state index in [1.54, 1.807) is 0 Å². The van der Waals surface area contributed by atoms with Gasteiger partial charge in [-0.2, -0.15) is 14.0 Å². The van der Waals surface area contributed by atoms with Gasteiger partial charge in [0.1, 0.15) is 16.6 Å². The van der Waals surface area contributed by atoms with Gasteiger partial charge >= 0.3 is 0 Å². The van der Waals surface area contributed by atoms with Crippen molar-refractivity contribution in [3.63, 3.8) is 0 Å². The highest BCUT2D eigenvalue weighted by molar-refractivity contribution is 5.78. The Balaban J connectivity index is 1.77. The summed E-state index contributed by atoms with van der Waals surface area (Å²) >= 11 is 0. The third-order valence-corrected chi connectivity index (χ3v) is 5.94. The molecule has 0 atom stereocenters. The fourth-order valence-corrected chi connectivity index (χ4v) is 4.40. The van der Waals surface area contributed by atoms with Gasteiger partial charge in [0.25, 0.3) is 5.79 Å².